The van der Waals surface area contributed by atoms with E-state index in [1.54, 1.807) is 16.9 Å². The number of aromatic nitrogens is 2. The maximum absolute atomic E-state index is 12.0. The molecule has 0 radical (unpaired) electrons. The molecule has 3 rings (SSSR count). The Morgan fingerprint density at radius 1 is 1.27 bits per heavy atom. The second-order valence-corrected chi connectivity index (χ2v) is 6.36. The highest BCUT2D eigenvalue weighted by Crippen LogP contribution is 2.28. The van der Waals surface area contributed by atoms with E-state index in [1.165, 1.54) is 0 Å². The summed E-state index contributed by atoms with van der Waals surface area (Å²) in [5, 5.41) is 9.84. The first-order valence-corrected chi connectivity index (χ1v) is 8.98. The minimum absolute atomic E-state index is 0.0700. The van der Waals surface area contributed by atoms with Crippen molar-refractivity contribution in [2.75, 3.05) is 18.5 Å². The van der Waals surface area contributed by atoms with Crippen LogP contribution in [0.5, 0.6) is 5.75 Å². The van der Waals surface area contributed by atoms with Gasteiger partial charge in [-0.1, -0.05) is 6.07 Å². The Kier molecular flexibility index (Phi) is 6.24. The number of carbonyl (C=O) groups is 2. The number of anilines is 1. The molecule has 1 saturated carbocycles. The lowest BCUT2D eigenvalue weighted by Gasteiger charge is -2.10. The fraction of sp³-hybridized carbons (Fsp3) is 0.421. The molecule has 1 heterocycles. The molecule has 1 aliphatic carbocycles. The van der Waals surface area contributed by atoms with Gasteiger partial charge in [0.05, 0.1) is 6.54 Å². The lowest BCUT2D eigenvalue weighted by Crippen LogP contribution is -2.26. The molecule has 7 heteroatoms. The fourth-order valence-corrected chi connectivity index (χ4v) is 2.53. The second kappa shape index (κ2) is 9.03. The normalized spacial score (nSPS) is 13.2. The molecule has 2 aromatic rings. The van der Waals surface area contributed by atoms with E-state index in [0.29, 0.717) is 44.0 Å². The number of ether oxygens (including phenoxy) is 1. The molecule has 1 aromatic carbocycles. The van der Waals surface area contributed by atoms with Crippen molar-refractivity contribution in [1.29, 1.82) is 0 Å². The molecule has 2 N–H and O–H groups in total. The predicted octanol–water partition coefficient (Wildman–Crippen LogP) is 2.21. The highest BCUT2D eigenvalue weighted by Gasteiger charge is 2.28. The van der Waals surface area contributed by atoms with Crippen molar-refractivity contribution in [2.45, 2.75) is 32.2 Å². The first kappa shape index (κ1) is 18.0. The van der Waals surface area contributed by atoms with Crippen molar-refractivity contribution < 1.29 is 14.3 Å². The Bertz CT molecular complexity index is 726. The molecule has 7 nitrogen and oxygen atoms in total. The first-order chi connectivity index (χ1) is 12.7. The Morgan fingerprint density at radius 2 is 2.15 bits per heavy atom. The summed E-state index contributed by atoms with van der Waals surface area (Å²) in [7, 11) is 0. The van der Waals surface area contributed by atoms with Crippen LogP contribution in [0.1, 0.15) is 25.7 Å². The summed E-state index contributed by atoms with van der Waals surface area (Å²) < 4.78 is 7.49. The number of benzene rings is 1. The van der Waals surface area contributed by atoms with E-state index < -0.39 is 0 Å². The molecule has 26 heavy (non-hydrogen) atoms. The summed E-state index contributed by atoms with van der Waals surface area (Å²) in [6, 6.07) is 9.19. The Balaban J connectivity index is 1.35. The van der Waals surface area contributed by atoms with Crippen molar-refractivity contribution in [3.05, 3.63) is 42.7 Å². The average molecular weight is 356 g/mol. The van der Waals surface area contributed by atoms with Crippen molar-refractivity contribution in [3.63, 3.8) is 0 Å². The smallest absolute Gasteiger partial charge is 0.224 e. The van der Waals surface area contributed by atoms with E-state index in [9.17, 15) is 9.59 Å². The van der Waals surface area contributed by atoms with Crippen LogP contribution in [0.25, 0.3) is 0 Å². The van der Waals surface area contributed by atoms with Crippen LogP contribution in [0.15, 0.2) is 42.7 Å². The van der Waals surface area contributed by atoms with Crippen LogP contribution in [0.4, 0.5) is 5.69 Å². The van der Waals surface area contributed by atoms with E-state index in [-0.39, 0.29) is 17.7 Å². The summed E-state index contributed by atoms with van der Waals surface area (Å²) >= 11 is 0. The van der Waals surface area contributed by atoms with Crippen molar-refractivity contribution in [3.8, 4) is 5.75 Å². The molecule has 1 fully saturated rings. The van der Waals surface area contributed by atoms with Crippen LogP contribution >= 0.6 is 0 Å². The van der Waals surface area contributed by atoms with Gasteiger partial charge in [0.15, 0.2) is 0 Å². The quantitative estimate of drug-likeness (QED) is 0.639. The second-order valence-electron chi connectivity index (χ2n) is 6.36. The molecular weight excluding hydrogens is 332 g/mol. The number of nitrogens with one attached hydrogen (secondary N) is 2. The molecule has 1 aliphatic rings. The van der Waals surface area contributed by atoms with Gasteiger partial charge in [0.1, 0.15) is 12.4 Å². The fourth-order valence-electron chi connectivity index (χ4n) is 2.53. The van der Waals surface area contributed by atoms with Crippen LogP contribution in [0.3, 0.4) is 0 Å². The summed E-state index contributed by atoms with van der Waals surface area (Å²) in [5.41, 5.74) is 0.702. The van der Waals surface area contributed by atoms with Crippen LogP contribution < -0.4 is 15.4 Å². The van der Waals surface area contributed by atoms with Gasteiger partial charge < -0.3 is 15.4 Å². The molecule has 0 bridgehead atoms. The molecule has 138 valence electrons. The van der Waals surface area contributed by atoms with E-state index in [1.807, 2.05) is 30.5 Å². The largest absolute Gasteiger partial charge is 0.492 e. The monoisotopic (exact) mass is 356 g/mol. The van der Waals surface area contributed by atoms with Gasteiger partial charge in [-0.3, -0.25) is 14.3 Å². The van der Waals surface area contributed by atoms with Crippen LogP contribution in [-0.4, -0.2) is 34.7 Å². The lowest BCUT2D eigenvalue weighted by atomic mass is 10.2. The minimum Gasteiger partial charge on any atom is -0.492 e. The maximum Gasteiger partial charge on any atom is 0.224 e. The van der Waals surface area contributed by atoms with Gasteiger partial charge in [-0.25, -0.2) is 0 Å². The third-order valence-electron chi connectivity index (χ3n) is 4.09. The van der Waals surface area contributed by atoms with Crippen LogP contribution in [-0.2, 0) is 16.1 Å². The zero-order valence-corrected chi connectivity index (χ0v) is 14.7. The average Bonchev–Trinajstić information content (AvgIpc) is 3.36. The minimum atomic E-state index is -0.0700. The molecule has 0 aliphatic heterocycles. The van der Waals surface area contributed by atoms with Crippen molar-refractivity contribution in [1.82, 2.24) is 15.1 Å². The maximum atomic E-state index is 12.0. The Morgan fingerprint density at radius 3 is 2.92 bits per heavy atom. The molecular formula is C19H24N4O3. The summed E-state index contributed by atoms with van der Waals surface area (Å²) in [5.74, 6) is 0.955. The number of hydrogen-bond donors (Lipinski definition) is 2. The first-order valence-electron chi connectivity index (χ1n) is 8.98. The van der Waals surface area contributed by atoms with E-state index in [0.717, 1.165) is 12.8 Å². The number of amides is 2. The SMILES string of the molecule is O=C(CCCNC(=O)C1CC1)Nc1cccc(OCCn2cccn2)c1. The Labute approximate surface area is 152 Å². The standard InChI is InChI=1S/C19H24N4O3/c24-18(6-2-9-20-19(25)15-7-8-15)22-16-4-1-5-17(14-16)26-13-12-23-11-3-10-21-23/h1,3-5,10-11,14-15H,2,6-9,12-13H2,(H,20,25)(H,22,24). The zero-order chi connectivity index (χ0) is 18.2. The van der Waals surface area contributed by atoms with Gasteiger partial charge in [-0.15, -0.1) is 0 Å². The molecule has 0 atom stereocenters. The van der Waals surface area contributed by atoms with Crippen molar-refractivity contribution in [2.24, 2.45) is 5.92 Å². The number of rotatable bonds is 10. The molecule has 0 spiro atoms. The number of nitrogens with zero attached hydrogens (tertiary/aromatic N) is 2. The van der Waals surface area contributed by atoms with E-state index >= 15 is 0 Å². The molecule has 0 saturated heterocycles. The molecule has 1 aromatic heterocycles. The van der Waals surface area contributed by atoms with Gasteiger partial charge in [-0.2, -0.15) is 5.10 Å². The van der Waals surface area contributed by atoms with Crippen molar-refractivity contribution >= 4 is 17.5 Å². The van der Waals surface area contributed by atoms with Gasteiger partial charge in [-0.05, 0) is 37.5 Å². The van der Waals surface area contributed by atoms with Gasteiger partial charge in [0, 0.05) is 43.0 Å². The van der Waals surface area contributed by atoms with Gasteiger partial charge in [0.2, 0.25) is 11.8 Å². The Hall–Kier alpha value is -2.83. The molecule has 0 unspecified atom stereocenters. The van der Waals surface area contributed by atoms with Crippen LogP contribution in [0, 0.1) is 5.92 Å². The summed E-state index contributed by atoms with van der Waals surface area (Å²) in [6.07, 6.45) is 6.60. The molecule has 2 amide bonds. The summed E-state index contributed by atoms with van der Waals surface area (Å²) in [6.45, 7) is 1.70. The topological polar surface area (TPSA) is 85.3 Å². The summed E-state index contributed by atoms with van der Waals surface area (Å²) in [4.78, 5) is 23.5. The third kappa shape index (κ3) is 5.91. The highest BCUT2D eigenvalue weighted by atomic mass is 16.5. The number of hydrogen-bond acceptors (Lipinski definition) is 4. The zero-order valence-electron chi connectivity index (χ0n) is 14.7. The third-order valence-corrected chi connectivity index (χ3v) is 4.09. The predicted molar refractivity (Wildman–Crippen MR) is 97.8 cm³/mol. The number of carbonyl (C=O) groups excluding carboxylic acids is 2. The lowest BCUT2D eigenvalue weighted by molar-refractivity contribution is -0.122. The van der Waals surface area contributed by atoms with Crippen LogP contribution in [0.2, 0.25) is 0 Å². The highest BCUT2D eigenvalue weighted by molar-refractivity contribution is 5.90. The van der Waals surface area contributed by atoms with E-state index in [4.69, 9.17) is 4.74 Å². The van der Waals surface area contributed by atoms with Gasteiger partial charge in [0.25, 0.3) is 0 Å². The van der Waals surface area contributed by atoms with Gasteiger partial charge >= 0.3 is 0 Å². The van der Waals surface area contributed by atoms with E-state index in [2.05, 4.69) is 15.7 Å².